The van der Waals surface area contributed by atoms with E-state index in [0.29, 0.717) is 17.8 Å². The highest BCUT2D eigenvalue weighted by molar-refractivity contribution is 9.10. The first kappa shape index (κ1) is 15.7. The molecule has 0 aromatic heterocycles. The lowest BCUT2D eigenvalue weighted by molar-refractivity contribution is -0.114. The van der Waals surface area contributed by atoms with E-state index in [1.54, 1.807) is 4.90 Å². The molecule has 5 heteroatoms. The Bertz CT molecular complexity index is 784. The van der Waals surface area contributed by atoms with Gasteiger partial charge in [0.25, 0.3) is 5.91 Å². The second-order valence-corrected chi connectivity index (χ2v) is 6.63. The van der Waals surface area contributed by atoms with Gasteiger partial charge in [-0.1, -0.05) is 33.6 Å². The van der Waals surface area contributed by atoms with Gasteiger partial charge in [-0.05, 0) is 43.2 Å². The fourth-order valence-electron chi connectivity index (χ4n) is 2.85. The number of nitrogens with one attached hydrogen (secondary N) is 1. The third-order valence-electron chi connectivity index (χ3n) is 3.88. The molecule has 0 spiro atoms. The number of amides is 2. The average Bonchev–Trinajstić information content (AvgIpc) is 2.90. The van der Waals surface area contributed by atoms with Crippen molar-refractivity contribution >= 4 is 39.1 Å². The highest BCUT2D eigenvalue weighted by atomic mass is 79.9. The molecule has 2 amide bonds. The number of anilines is 2. The number of aryl methyl sites for hydroxylation is 1. The van der Waals surface area contributed by atoms with Gasteiger partial charge >= 0.3 is 0 Å². The Kier molecular flexibility index (Phi) is 4.22. The van der Waals surface area contributed by atoms with Crippen LogP contribution < -0.4 is 10.2 Å². The molecule has 0 unspecified atom stereocenters. The molecule has 2 aromatic carbocycles. The molecule has 0 saturated carbocycles. The number of rotatable bonds is 2. The predicted molar refractivity (Wildman–Crippen MR) is 95.0 cm³/mol. The Balaban J connectivity index is 2.01. The Morgan fingerprint density at radius 3 is 2.52 bits per heavy atom. The summed E-state index contributed by atoms with van der Waals surface area (Å²) in [4.78, 5) is 26.1. The number of carbonyl (C=O) groups is 2. The predicted octanol–water partition coefficient (Wildman–Crippen LogP) is 3.92. The van der Waals surface area contributed by atoms with E-state index in [4.69, 9.17) is 0 Å². The van der Waals surface area contributed by atoms with Crippen molar-refractivity contribution < 1.29 is 9.59 Å². The largest absolute Gasteiger partial charge is 0.324 e. The Morgan fingerprint density at radius 2 is 1.87 bits per heavy atom. The van der Waals surface area contributed by atoms with E-state index in [2.05, 4.69) is 21.2 Å². The molecule has 0 bridgehead atoms. The van der Waals surface area contributed by atoms with Crippen molar-refractivity contribution in [1.29, 1.82) is 0 Å². The van der Waals surface area contributed by atoms with Crippen LogP contribution in [0, 0.1) is 6.92 Å². The molecular formula is C18H17BrN2O2. The third-order valence-corrected chi connectivity index (χ3v) is 4.34. The molecule has 4 nitrogen and oxygen atoms in total. The fourth-order valence-corrected chi connectivity index (χ4v) is 3.35. The first-order valence-electron chi connectivity index (χ1n) is 7.44. The van der Waals surface area contributed by atoms with Crippen LogP contribution in [0.15, 0.2) is 40.9 Å². The second kappa shape index (κ2) is 6.16. The Morgan fingerprint density at radius 1 is 1.17 bits per heavy atom. The molecule has 1 N–H and O–H groups in total. The topological polar surface area (TPSA) is 49.4 Å². The van der Waals surface area contributed by atoms with Gasteiger partial charge in [0.15, 0.2) is 0 Å². The van der Waals surface area contributed by atoms with Crippen molar-refractivity contribution in [3.8, 4) is 0 Å². The summed E-state index contributed by atoms with van der Waals surface area (Å²) >= 11 is 3.46. The van der Waals surface area contributed by atoms with Crippen LogP contribution in [0.25, 0.3) is 0 Å². The zero-order valence-electron chi connectivity index (χ0n) is 13.0. The molecule has 0 radical (unpaired) electrons. The maximum absolute atomic E-state index is 12.8. The minimum absolute atomic E-state index is 0.0438. The zero-order chi connectivity index (χ0) is 16.6. The van der Waals surface area contributed by atoms with E-state index in [1.807, 2.05) is 43.3 Å². The first-order valence-corrected chi connectivity index (χ1v) is 8.23. The highest BCUT2D eigenvalue weighted by Crippen LogP contribution is 2.39. The normalized spacial score (nSPS) is 12.9. The van der Waals surface area contributed by atoms with Gasteiger partial charge in [-0.3, -0.25) is 9.59 Å². The number of benzene rings is 2. The smallest absolute Gasteiger partial charge is 0.258 e. The van der Waals surface area contributed by atoms with E-state index in [1.165, 1.54) is 6.92 Å². The molecule has 118 valence electrons. The monoisotopic (exact) mass is 372 g/mol. The van der Waals surface area contributed by atoms with Gasteiger partial charge in [0.1, 0.15) is 0 Å². The minimum atomic E-state index is -0.153. The second-order valence-electron chi connectivity index (χ2n) is 5.72. The average molecular weight is 373 g/mol. The molecule has 3 rings (SSSR count). The van der Waals surface area contributed by atoms with Crippen LogP contribution in [0.4, 0.5) is 11.4 Å². The van der Waals surface area contributed by atoms with Crippen LogP contribution in [0.5, 0.6) is 0 Å². The minimum Gasteiger partial charge on any atom is -0.324 e. The van der Waals surface area contributed by atoms with Crippen LogP contribution in [0.2, 0.25) is 0 Å². The quantitative estimate of drug-likeness (QED) is 0.868. The lowest BCUT2D eigenvalue weighted by atomic mass is 10.1. The summed E-state index contributed by atoms with van der Waals surface area (Å²) < 4.78 is 0.893. The molecule has 0 saturated heterocycles. The Labute approximate surface area is 143 Å². The molecule has 1 aliphatic heterocycles. The summed E-state index contributed by atoms with van der Waals surface area (Å²) in [7, 11) is 0. The van der Waals surface area contributed by atoms with E-state index >= 15 is 0 Å². The van der Waals surface area contributed by atoms with Crippen LogP contribution >= 0.6 is 15.9 Å². The molecule has 1 heterocycles. The van der Waals surface area contributed by atoms with Gasteiger partial charge in [-0.25, -0.2) is 0 Å². The number of hydrogen-bond donors (Lipinski definition) is 1. The summed E-state index contributed by atoms with van der Waals surface area (Å²) in [6.45, 7) is 4.07. The lowest BCUT2D eigenvalue weighted by Gasteiger charge is -2.21. The highest BCUT2D eigenvalue weighted by Gasteiger charge is 2.29. The number of hydrogen-bond acceptors (Lipinski definition) is 2. The van der Waals surface area contributed by atoms with Gasteiger partial charge in [0.2, 0.25) is 5.91 Å². The van der Waals surface area contributed by atoms with Gasteiger partial charge in [-0.15, -0.1) is 0 Å². The number of halogens is 1. The van der Waals surface area contributed by atoms with Gasteiger partial charge in [0, 0.05) is 23.5 Å². The maximum atomic E-state index is 12.8. The molecule has 0 fully saturated rings. The number of carbonyl (C=O) groups excluding carboxylic acids is 2. The van der Waals surface area contributed by atoms with Crippen molar-refractivity contribution in [2.24, 2.45) is 0 Å². The van der Waals surface area contributed by atoms with E-state index < -0.39 is 0 Å². The van der Waals surface area contributed by atoms with E-state index in [-0.39, 0.29) is 11.8 Å². The molecular weight excluding hydrogens is 356 g/mol. The van der Waals surface area contributed by atoms with Crippen molar-refractivity contribution in [3.63, 3.8) is 0 Å². The van der Waals surface area contributed by atoms with Gasteiger partial charge < -0.3 is 10.2 Å². The summed E-state index contributed by atoms with van der Waals surface area (Å²) in [5, 5.41) is 2.83. The van der Waals surface area contributed by atoms with Crippen molar-refractivity contribution in [1.82, 2.24) is 0 Å². The van der Waals surface area contributed by atoms with Crippen LogP contribution in [0.1, 0.15) is 28.4 Å². The molecule has 2 aromatic rings. The number of nitrogens with zero attached hydrogens (tertiary/aromatic N) is 1. The SMILES string of the molecule is CC(=O)Nc1cc(Br)cc2c1N(C(=O)c1ccc(C)cc1)CC2. The van der Waals surface area contributed by atoms with Crippen LogP contribution in [-0.2, 0) is 11.2 Å². The first-order chi connectivity index (χ1) is 11.0. The Hall–Kier alpha value is -2.14. The summed E-state index contributed by atoms with van der Waals surface area (Å²) in [6, 6.07) is 11.4. The van der Waals surface area contributed by atoms with E-state index in [0.717, 1.165) is 27.7 Å². The molecule has 1 aliphatic rings. The molecule has 0 atom stereocenters. The third kappa shape index (κ3) is 3.15. The van der Waals surface area contributed by atoms with Crippen LogP contribution in [0.3, 0.4) is 0 Å². The van der Waals surface area contributed by atoms with Gasteiger partial charge in [0.05, 0.1) is 11.4 Å². The lowest BCUT2D eigenvalue weighted by Crippen LogP contribution is -2.29. The van der Waals surface area contributed by atoms with Crippen molar-refractivity contribution in [2.75, 3.05) is 16.8 Å². The van der Waals surface area contributed by atoms with Crippen LogP contribution in [-0.4, -0.2) is 18.4 Å². The maximum Gasteiger partial charge on any atom is 0.258 e. The summed E-state index contributed by atoms with van der Waals surface area (Å²) in [6.07, 6.45) is 0.777. The summed E-state index contributed by atoms with van der Waals surface area (Å²) in [5.74, 6) is -0.197. The molecule has 0 aliphatic carbocycles. The van der Waals surface area contributed by atoms with Gasteiger partial charge in [-0.2, -0.15) is 0 Å². The molecule has 23 heavy (non-hydrogen) atoms. The number of fused-ring (bicyclic) bond motifs is 1. The van der Waals surface area contributed by atoms with Crippen molar-refractivity contribution in [3.05, 3.63) is 57.6 Å². The standard InChI is InChI=1S/C18H17BrN2O2/c1-11-3-5-13(6-4-11)18(23)21-8-7-14-9-15(19)10-16(17(14)21)20-12(2)22/h3-6,9-10H,7-8H2,1-2H3,(H,20,22). The van der Waals surface area contributed by atoms with E-state index in [9.17, 15) is 9.59 Å². The summed E-state index contributed by atoms with van der Waals surface area (Å²) in [5.41, 5.74) is 4.30. The zero-order valence-corrected chi connectivity index (χ0v) is 14.6. The fraction of sp³-hybridized carbons (Fsp3) is 0.222. The van der Waals surface area contributed by atoms with Crippen molar-refractivity contribution in [2.45, 2.75) is 20.3 Å².